The number of nitrogens with two attached hydrogens (primary N) is 1. The van der Waals surface area contributed by atoms with E-state index in [4.69, 9.17) is 15.2 Å². The van der Waals surface area contributed by atoms with Crippen molar-refractivity contribution in [2.75, 3.05) is 26.1 Å². The number of rotatable bonds is 8. The normalized spacial score (nSPS) is 11.4. The van der Waals surface area contributed by atoms with E-state index in [9.17, 15) is 8.78 Å². The van der Waals surface area contributed by atoms with Gasteiger partial charge in [0.2, 0.25) is 5.95 Å². The summed E-state index contributed by atoms with van der Waals surface area (Å²) in [5.74, 6) is -0.686. The summed E-state index contributed by atoms with van der Waals surface area (Å²) in [6, 6.07) is 9.74. The van der Waals surface area contributed by atoms with Crippen LogP contribution in [0.25, 0.3) is 22.4 Å². The minimum absolute atomic E-state index is 0.105. The Hall–Kier alpha value is -3.53. The van der Waals surface area contributed by atoms with Gasteiger partial charge in [0.05, 0.1) is 31.8 Å². The fourth-order valence-electron chi connectivity index (χ4n) is 3.41. The Morgan fingerprint density at radius 3 is 2.52 bits per heavy atom. The van der Waals surface area contributed by atoms with Crippen LogP contribution in [-0.4, -0.2) is 44.9 Å². The Bertz CT molecular complexity index is 1200. The molecule has 2 heterocycles. The molecule has 0 amide bonds. The average Bonchev–Trinajstić information content (AvgIpc) is 3.29. The lowest BCUT2D eigenvalue weighted by atomic mass is 10.1. The minimum atomic E-state index is -0.697. The van der Waals surface area contributed by atoms with Crippen molar-refractivity contribution in [3.8, 4) is 17.3 Å². The van der Waals surface area contributed by atoms with E-state index in [0.717, 1.165) is 5.39 Å². The van der Waals surface area contributed by atoms with E-state index in [-0.39, 0.29) is 23.8 Å². The third-order valence-electron chi connectivity index (χ3n) is 4.80. The van der Waals surface area contributed by atoms with E-state index in [1.165, 1.54) is 16.8 Å². The predicted octanol–water partition coefficient (Wildman–Crippen LogP) is 3.25. The first kappa shape index (κ1) is 20.7. The number of nitrogen functional groups attached to an aromatic ring is 1. The monoisotopic (exact) mass is 428 g/mol. The number of aromatic nitrogens is 5. The number of ether oxygens (including phenoxy) is 2. The van der Waals surface area contributed by atoms with Gasteiger partial charge >= 0.3 is 0 Å². The molecule has 2 N–H and O–H groups in total. The molecular formula is C21H22F2N6O2. The maximum atomic E-state index is 14.6. The molecule has 0 saturated carbocycles. The molecule has 2 aromatic heterocycles. The van der Waals surface area contributed by atoms with Crippen molar-refractivity contribution in [3.63, 3.8) is 0 Å². The van der Waals surface area contributed by atoms with Crippen LogP contribution in [0.1, 0.15) is 12.5 Å². The first-order valence-electron chi connectivity index (χ1n) is 9.77. The van der Waals surface area contributed by atoms with E-state index in [2.05, 4.69) is 15.2 Å². The van der Waals surface area contributed by atoms with Gasteiger partial charge in [0.1, 0.15) is 23.1 Å². The lowest BCUT2D eigenvalue weighted by molar-refractivity contribution is 0.184. The van der Waals surface area contributed by atoms with E-state index in [1.54, 1.807) is 18.7 Å². The summed E-state index contributed by atoms with van der Waals surface area (Å²) < 4.78 is 42.8. The van der Waals surface area contributed by atoms with E-state index < -0.39 is 11.6 Å². The zero-order valence-electron chi connectivity index (χ0n) is 17.2. The predicted molar refractivity (Wildman–Crippen MR) is 112 cm³/mol. The Balaban J connectivity index is 1.79. The number of nitrogens with zero attached hydrogens (tertiary/aromatic N) is 5. The van der Waals surface area contributed by atoms with Gasteiger partial charge in [0.15, 0.2) is 5.82 Å². The number of halogens is 2. The van der Waals surface area contributed by atoms with Crippen LogP contribution < -0.4 is 10.5 Å². The van der Waals surface area contributed by atoms with E-state index in [1.807, 2.05) is 24.3 Å². The fraction of sp³-hybridized carbons (Fsp3) is 0.286. The summed E-state index contributed by atoms with van der Waals surface area (Å²) in [7, 11) is 1.59. The molecular weight excluding hydrogens is 406 g/mol. The zero-order valence-corrected chi connectivity index (χ0v) is 17.2. The second-order valence-corrected chi connectivity index (χ2v) is 6.83. The van der Waals surface area contributed by atoms with Gasteiger partial charge in [-0.3, -0.25) is 4.68 Å². The first-order chi connectivity index (χ1) is 15.0. The van der Waals surface area contributed by atoms with Crippen molar-refractivity contribution in [3.05, 3.63) is 53.6 Å². The summed E-state index contributed by atoms with van der Waals surface area (Å²) in [6.45, 7) is 2.81. The Morgan fingerprint density at radius 2 is 1.81 bits per heavy atom. The second-order valence-electron chi connectivity index (χ2n) is 6.83. The lowest BCUT2D eigenvalue weighted by Crippen LogP contribution is -2.09. The molecule has 2 aromatic carbocycles. The molecule has 0 fully saturated rings. The van der Waals surface area contributed by atoms with Gasteiger partial charge in [-0.2, -0.15) is 10.1 Å². The molecule has 0 radical (unpaired) electrons. The number of para-hydroxylation sites is 1. The van der Waals surface area contributed by atoms with Crippen LogP contribution >= 0.6 is 0 Å². The molecule has 0 spiro atoms. The molecule has 10 heteroatoms. The van der Waals surface area contributed by atoms with Gasteiger partial charge in [-0.05, 0) is 13.0 Å². The summed E-state index contributed by atoms with van der Waals surface area (Å²) in [4.78, 5) is 4.31. The molecule has 0 saturated heterocycles. The van der Waals surface area contributed by atoms with Crippen molar-refractivity contribution >= 4 is 16.9 Å². The number of hydrogen-bond acceptors (Lipinski definition) is 6. The molecule has 8 nitrogen and oxygen atoms in total. The molecule has 0 aliphatic carbocycles. The molecule has 162 valence electrons. The van der Waals surface area contributed by atoms with Gasteiger partial charge in [-0.15, -0.1) is 5.10 Å². The van der Waals surface area contributed by atoms with Crippen LogP contribution in [0.3, 0.4) is 0 Å². The van der Waals surface area contributed by atoms with Crippen LogP contribution in [-0.2, 0) is 17.8 Å². The first-order valence-corrected chi connectivity index (χ1v) is 9.77. The molecule has 0 bridgehead atoms. The summed E-state index contributed by atoms with van der Waals surface area (Å²) in [6.07, 6.45) is 0. The minimum Gasteiger partial charge on any atom is -0.494 e. The van der Waals surface area contributed by atoms with Crippen molar-refractivity contribution < 1.29 is 18.3 Å². The molecule has 0 unspecified atom stereocenters. The maximum absolute atomic E-state index is 14.6. The Labute approximate surface area is 177 Å². The SMILES string of the molecule is CCOc1cc(F)c(Cn2nc(-c3nc(N)nn3CCOC)c3ccccc32)c(F)c1. The largest absolute Gasteiger partial charge is 0.494 e. The molecule has 4 rings (SSSR count). The van der Waals surface area contributed by atoms with Crippen LogP contribution in [0.4, 0.5) is 14.7 Å². The van der Waals surface area contributed by atoms with Crippen molar-refractivity contribution in [2.24, 2.45) is 0 Å². The molecule has 31 heavy (non-hydrogen) atoms. The highest BCUT2D eigenvalue weighted by atomic mass is 19.1. The van der Waals surface area contributed by atoms with Crippen LogP contribution in [0.15, 0.2) is 36.4 Å². The lowest BCUT2D eigenvalue weighted by Gasteiger charge is -2.09. The van der Waals surface area contributed by atoms with Gasteiger partial charge in [0.25, 0.3) is 0 Å². The topological polar surface area (TPSA) is 93.0 Å². The van der Waals surface area contributed by atoms with E-state index in [0.29, 0.717) is 36.8 Å². The van der Waals surface area contributed by atoms with Gasteiger partial charge in [0, 0.05) is 30.2 Å². The average molecular weight is 428 g/mol. The highest BCUT2D eigenvalue weighted by Crippen LogP contribution is 2.29. The fourth-order valence-corrected chi connectivity index (χ4v) is 3.41. The number of methoxy groups -OCH3 is 1. The molecule has 4 aromatic rings. The number of fused-ring (bicyclic) bond motifs is 1. The van der Waals surface area contributed by atoms with Crippen LogP contribution in [0.2, 0.25) is 0 Å². The summed E-state index contributed by atoms with van der Waals surface area (Å²) >= 11 is 0. The van der Waals surface area contributed by atoms with Crippen LogP contribution in [0.5, 0.6) is 5.75 Å². The Kier molecular flexibility index (Phi) is 5.81. The smallest absolute Gasteiger partial charge is 0.240 e. The highest BCUT2D eigenvalue weighted by molar-refractivity contribution is 5.91. The second kappa shape index (κ2) is 8.68. The molecule has 0 atom stereocenters. The van der Waals surface area contributed by atoms with Gasteiger partial charge < -0.3 is 15.2 Å². The highest BCUT2D eigenvalue weighted by Gasteiger charge is 2.21. The molecule has 0 aliphatic heterocycles. The van der Waals surface area contributed by atoms with Gasteiger partial charge in [-0.1, -0.05) is 18.2 Å². The molecule has 0 aliphatic rings. The van der Waals surface area contributed by atoms with Gasteiger partial charge in [-0.25, -0.2) is 13.5 Å². The standard InChI is InChI=1S/C21H22F2N6O2/c1-3-31-13-10-16(22)15(17(23)11-13)12-29-18-7-5-4-6-14(18)19(26-29)20-25-21(24)27-28(20)8-9-30-2/h4-7,10-11H,3,8-9,12H2,1-2H3,(H2,24,27). The zero-order chi connectivity index (χ0) is 22.0. The maximum Gasteiger partial charge on any atom is 0.240 e. The van der Waals surface area contributed by atoms with Crippen molar-refractivity contribution in [1.29, 1.82) is 0 Å². The van der Waals surface area contributed by atoms with Crippen molar-refractivity contribution in [2.45, 2.75) is 20.0 Å². The third-order valence-corrected chi connectivity index (χ3v) is 4.80. The summed E-state index contributed by atoms with van der Waals surface area (Å²) in [5, 5.41) is 9.57. The van der Waals surface area contributed by atoms with E-state index >= 15 is 0 Å². The summed E-state index contributed by atoms with van der Waals surface area (Å²) in [5.41, 5.74) is 6.92. The number of benzene rings is 2. The van der Waals surface area contributed by atoms with Crippen LogP contribution in [0, 0.1) is 11.6 Å². The number of hydrogen-bond donors (Lipinski definition) is 1. The Morgan fingerprint density at radius 1 is 1.06 bits per heavy atom. The van der Waals surface area contributed by atoms with Crippen molar-refractivity contribution in [1.82, 2.24) is 24.5 Å². The third kappa shape index (κ3) is 4.06. The quantitative estimate of drug-likeness (QED) is 0.463. The number of anilines is 1.